The minimum Gasteiger partial charge on any atom is -0.433 e. The molecule has 1 saturated heterocycles. The fourth-order valence-corrected chi connectivity index (χ4v) is 3.41. The molecule has 1 aromatic rings. The summed E-state index contributed by atoms with van der Waals surface area (Å²) in [5, 5.41) is 2.33. The maximum Gasteiger partial charge on any atom is 0.401 e. The molecule has 0 aromatic heterocycles. The van der Waals surface area contributed by atoms with E-state index in [2.05, 4.69) is 10.1 Å². The zero-order valence-electron chi connectivity index (χ0n) is 18.2. The number of nitrogens with zero attached hydrogens (tertiary/aromatic N) is 2. The number of ether oxygens (including phenoxy) is 2. The maximum atomic E-state index is 13.0. The highest BCUT2D eigenvalue weighted by Crippen LogP contribution is 2.32. The Morgan fingerprint density at radius 2 is 2.03 bits per heavy atom. The molecule has 8 nitrogen and oxygen atoms in total. The number of rotatable bonds is 10. The van der Waals surface area contributed by atoms with Crippen LogP contribution in [0, 0.1) is 5.92 Å². The van der Waals surface area contributed by atoms with E-state index >= 15 is 0 Å². The van der Waals surface area contributed by atoms with Crippen LogP contribution in [0.3, 0.4) is 0 Å². The molecule has 186 valence electrons. The number of carbonyl (C=O) groups excluding carboxylic acids is 2. The molecule has 0 aliphatic carbocycles. The SMILES string of the molecule is CC(C)CN(CC(F)(F)F)[C@H](CN)C(=O)Nc1ccc(N2CCOCC2=O)cc1OC(F)F. The average Bonchev–Trinajstić information content (AvgIpc) is 2.68. The molecule has 0 spiro atoms. The lowest BCUT2D eigenvalue weighted by molar-refractivity contribution is -0.154. The lowest BCUT2D eigenvalue weighted by Crippen LogP contribution is -2.52. The Kier molecular flexibility index (Phi) is 9.37. The summed E-state index contributed by atoms with van der Waals surface area (Å²) >= 11 is 0. The molecule has 2 amide bonds. The molecule has 0 radical (unpaired) electrons. The van der Waals surface area contributed by atoms with E-state index in [-0.39, 0.29) is 49.5 Å². The van der Waals surface area contributed by atoms with E-state index in [1.54, 1.807) is 13.8 Å². The lowest BCUT2D eigenvalue weighted by atomic mass is 10.1. The second kappa shape index (κ2) is 11.6. The summed E-state index contributed by atoms with van der Waals surface area (Å²) in [6.45, 7) is -1.46. The standard InChI is InChI=1S/C20H27F5N4O4/c1-12(2)9-28(11-20(23,24)25)15(8-26)18(31)27-14-4-3-13(7-16(14)33-19(21)22)29-5-6-32-10-17(29)30/h3-4,7,12,15,19H,5-6,8-11,26H2,1-2H3,(H,27,31)/t15-/m1/s1. The van der Waals surface area contributed by atoms with Crippen molar-refractivity contribution in [2.45, 2.75) is 32.7 Å². The third-order valence-corrected chi connectivity index (χ3v) is 4.69. The van der Waals surface area contributed by atoms with Crippen LogP contribution in [-0.2, 0) is 14.3 Å². The lowest BCUT2D eigenvalue weighted by Gasteiger charge is -2.32. The van der Waals surface area contributed by atoms with Crippen LogP contribution in [-0.4, -0.2) is 74.9 Å². The third-order valence-electron chi connectivity index (χ3n) is 4.69. The van der Waals surface area contributed by atoms with Gasteiger partial charge in [-0.2, -0.15) is 22.0 Å². The fraction of sp³-hybridized carbons (Fsp3) is 0.600. The van der Waals surface area contributed by atoms with Crippen molar-refractivity contribution in [3.05, 3.63) is 18.2 Å². The highest BCUT2D eigenvalue weighted by Gasteiger charge is 2.36. The van der Waals surface area contributed by atoms with Crippen molar-refractivity contribution in [3.63, 3.8) is 0 Å². The number of amides is 2. The molecule has 1 aliphatic rings. The van der Waals surface area contributed by atoms with Gasteiger partial charge in [0.05, 0.1) is 18.8 Å². The van der Waals surface area contributed by atoms with Crippen molar-refractivity contribution >= 4 is 23.2 Å². The Balaban J connectivity index is 2.29. The number of halogens is 5. The first kappa shape index (κ1) is 26.7. The molecule has 33 heavy (non-hydrogen) atoms. The number of alkyl halides is 5. The van der Waals surface area contributed by atoms with Crippen molar-refractivity contribution in [2.75, 3.05) is 49.6 Å². The van der Waals surface area contributed by atoms with Crippen molar-refractivity contribution in [1.82, 2.24) is 4.90 Å². The summed E-state index contributed by atoms with van der Waals surface area (Å²) in [5.74, 6) is -1.94. The van der Waals surface area contributed by atoms with Crippen molar-refractivity contribution in [1.29, 1.82) is 0 Å². The number of anilines is 2. The number of carbonyl (C=O) groups is 2. The van der Waals surface area contributed by atoms with Crippen LogP contribution in [0.15, 0.2) is 18.2 Å². The largest absolute Gasteiger partial charge is 0.433 e. The van der Waals surface area contributed by atoms with E-state index in [0.29, 0.717) is 0 Å². The van der Waals surface area contributed by atoms with E-state index in [4.69, 9.17) is 10.5 Å². The summed E-state index contributed by atoms with van der Waals surface area (Å²) in [6.07, 6.45) is -4.57. The normalized spacial score (nSPS) is 16.0. The van der Waals surface area contributed by atoms with Gasteiger partial charge in [-0.3, -0.25) is 14.5 Å². The zero-order chi connectivity index (χ0) is 24.8. The fourth-order valence-electron chi connectivity index (χ4n) is 3.41. The van der Waals surface area contributed by atoms with Gasteiger partial charge in [0, 0.05) is 31.4 Å². The first-order valence-corrected chi connectivity index (χ1v) is 10.2. The minimum absolute atomic E-state index is 0.0622. The molecule has 13 heteroatoms. The Hall–Kier alpha value is -2.51. The van der Waals surface area contributed by atoms with Crippen molar-refractivity contribution < 1.29 is 41.0 Å². The first-order valence-electron chi connectivity index (χ1n) is 10.2. The van der Waals surface area contributed by atoms with Gasteiger partial charge in [0.15, 0.2) is 5.75 Å². The van der Waals surface area contributed by atoms with Crippen LogP contribution in [0.5, 0.6) is 5.75 Å². The molecule has 0 saturated carbocycles. The molecule has 1 fully saturated rings. The van der Waals surface area contributed by atoms with Crippen molar-refractivity contribution in [2.24, 2.45) is 11.7 Å². The molecule has 1 aromatic carbocycles. The summed E-state index contributed by atoms with van der Waals surface area (Å²) in [4.78, 5) is 27.0. The molecule has 1 aliphatic heterocycles. The molecule has 3 N–H and O–H groups in total. The van der Waals surface area contributed by atoms with Crippen molar-refractivity contribution in [3.8, 4) is 5.75 Å². The predicted molar refractivity (Wildman–Crippen MR) is 110 cm³/mol. The number of morpholine rings is 1. The highest BCUT2D eigenvalue weighted by atomic mass is 19.4. The topological polar surface area (TPSA) is 97.1 Å². The third kappa shape index (κ3) is 8.09. The number of benzene rings is 1. The van der Waals surface area contributed by atoms with Gasteiger partial charge >= 0.3 is 12.8 Å². The molecular weight excluding hydrogens is 455 g/mol. The number of nitrogens with two attached hydrogens (primary N) is 1. The highest BCUT2D eigenvalue weighted by molar-refractivity contribution is 5.98. The molecule has 0 unspecified atom stereocenters. The van der Waals surface area contributed by atoms with Gasteiger partial charge in [0.2, 0.25) is 5.91 Å². The van der Waals surface area contributed by atoms with Crippen LogP contribution in [0.4, 0.5) is 33.3 Å². The van der Waals surface area contributed by atoms with Crippen LogP contribution >= 0.6 is 0 Å². The van der Waals surface area contributed by atoms with E-state index in [0.717, 1.165) is 11.0 Å². The van der Waals surface area contributed by atoms with Gasteiger partial charge in [0.1, 0.15) is 12.6 Å². The van der Waals surface area contributed by atoms with E-state index < -0.39 is 43.6 Å². The molecule has 1 atom stereocenters. The minimum atomic E-state index is -4.57. The van der Waals surface area contributed by atoms with Gasteiger partial charge < -0.3 is 25.4 Å². The van der Waals surface area contributed by atoms with E-state index in [1.165, 1.54) is 17.0 Å². The van der Waals surface area contributed by atoms with Crippen LogP contribution in [0.25, 0.3) is 0 Å². The van der Waals surface area contributed by atoms with Crippen LogP contribution < -0.4 is 20.7 Å². The summed E-state index contributed by atoms with van der Waals surface area (Å²) in [6, 6.07) is 2.41. The summed E-state index contributed by atoms with van der Waals surface area (Å²) in [5.41, 5.74) is 5.65. The Morgan fingerprint density at radius 3 is 2.58 bits per heavy atom. The monoisotopic (exact) mass is 482 g/mol. The maximum absolute atomic E-state index is 13.0. The zero-order valence-corrected chi connectivity index (χ0v) is 18.2. The second-order valence-corrected chi connectivity index (χ2v) is 7.84. The van der Waals surface area contributed by atoms with Gasteiger partial charge in [-0.1, -0.05) is 13.8 Å². The first-order chi connectivity index (χ1) is 15.4. The van der Waals surface area contributed by atoms with Crippen LogP contribution in [0.2, 0.25) is 0 Å². The summed E-state index contributed by atoms with van der Waals surface area (Å²) < 4.78 is 74.6. The number of nitrogens with one attached hydrogen (secondary N) is 1. The molecule has 2 rings (SSSR count). The van der Waals surface area contributed by atoms with Crippen LogP contribution in [0.1, 0.15) is 13.8 Å². The molecular formula is C20H27F5N4O4. The smallest absolute Gasteiger partial charge is 0.401 e. The molecule has 1 heterocycles. The second-order valence-electron chi connectivity index (χ2n) is 7.84. The predicted octanol–water partition coefficient (Wildman–Crippen LogP) is 2.44. The van der Waals surface area contributed by atoms with Gasteiger partial charge in [-0.05, 0) is 18.1 Å². The van der Waals surface area contributed by atoms with E-state index in [9.17, 15) is 31.5 Å². The molecule has 0 bridgehead atoms. The quantitative estimate of drug-likeness (QED) is 0.498. The summed E-state index contributed by atoms with van der Waals surface area (Å²) in [7, 11) is 0. The average molecular weight is 482 g/mol. The number of hydrogen-bond acceptors (Lipinski definition) is 6. The van der Waals surface area contributed by atoms with Gasteiger partial charge in [-0.25, -0.2) is 0 Å². The van der Waals surface area contributed by atoms with E-state index in [1.807, 2.05) is 0 Å². The Bertz CT molecular complexity index is 822. The van der Waals surface area contributed by atoms with Gasteiger partial charge in [0.25, 0.3) is 5.91 Å². The number of hydrogen-bond donors (Lipinski definition) is 2. The Morgan fingerprint density at radius 1 is 1.33 bits per heavy atom. The Labute approximate surface area is 187 Å². The van der Waals surface area contributed by atoms with Gasteiger partial charge in [-0.15, -0.1) is 0 Å².